The Morgan fingerprint density at radius 2 is 2.36 bits per heavy atom. The Hall–Kier alpha value is -1.09. The van der Waals surface area contributed by atoms with Crippen LogP contribution in [0.3, 0.4) is 0 Å². The first-order valence-corrected chi connectivity index (χ1v) is 3.59. The lowest BCUT2D eigenvalue weighted by molar-refractivity contribution is 0.807. The Kier molecular flexibility index (Phi) is 2.44. The largest absolute Gasteiger partial charge is 0.384 e. The molecule has 1 aromatic heterocycles. The summed E-state index contributed by atoms with van der Waals surface area (Å²) in [5.74, 6) is 0.586. The van der Waals surface area contributed by atoms with Gasteiger partial charge in [0.1, 0.15) is 5.82 Å². The molecule has 0 aromatic carbocycles. The van der Waals surface area contributed by atoms with E-state index < -0.39 is 0 Å². The summed E-state index contributed by atoms with van der Waals surface area (Å²) in [6, 6.07) is 1.88. The highest BCUT2D eigenvalue weighted by Crippen LogP contribution is 2.08. The van der Waals surface area contributed by atoms with Crippen molar-refractivity contribution in [3.63, 3.8) is 0 Å². The van der Waals surface area contributed by atoms with E-state index in [0.717, 1.165) is 6.54 Å². The molecule has 0 bridgehead atoms. The standard InChI is InChI=1S/C8H13N3/c1-6-3-8(9)11-5-7(6)4-10-2/h3,5,10H,4H2,1-2H3,(H2,9,11). The van der Waals surface area contributed by atoms with Gasteiger partial charge in [0, 0.05) is 12.7 Å². The first kappa shape index (κ1) is 8.01. The Bertz CT molecular complexity index is 245. The average Bonchev–Trinajstić information content (AvgIpc) is 1.95. The molecule has 0 amide bonds. The van der Waals surface area contributed by atoms with Crippen LogP contribution >= 0.6 is 0 Å². The van der Waals surface area contributed by atoms with Crippen molar-refractivity contribution < 1.29 is 0 Å². The quantitative estimate of drug-likeness (QED) is 0.654. The molecule has 0 aliphatic carbocycles. The lowest BCUT2D eigenvalue weighted by Gasteiger charge is -2.03. The SMILES string of the molecule is CNCc1cnc(N)cc1C. The molecule has 0 saturated heterocycles. The summed E-state index contributed by atoms with van der Waals surface area (Å²) in [6.45, 7) is 2.88. The number of aromatic nitrogens is 1. The number of hydrogen-bond donors (Lipinski definition) is 2. The van der Waals surface area contributed by atoms with Crippen molar-refractivity contribution in [3.05, 3.63) is 23.4 Å². The zero-order chi connectivity index (χ0) is 8.27. The minimum absolute atomic E-state index is 0.586. The average molecular weight is 151 g/mol. The van der Waals surface area contributed by atoms with Crippen molar-refractivity contribution in [3.8, 4) is 0 Å². The molecule has 0 unspecified atom stereocenters. The van der Waals surface area contributed by atoms with Crippen LogP contribution in [0.5, 0.6) is 0 Å². The van der Waals surface area contributed by atoms with Crippen molar-refractivity contribution in [1.82, 2.24) is 10.3 Å². The number of nitrogen functional groups attached to an aromatic ring is 1. The fourth-order valence-electron chi connectivity index (χ4n) is 0.982. The van der Waals surface area contributed by atoms with E-state index >= 15 is 0 Å². The van der Waals surface area contributed by atoms with Crippen LogP contribution < -0.4 is 11.1 Å². The van der Waals surface area contributed by atoms with Gasteiger partial charge >= 0.3 is 0 Å². The zero-order valence-electron chi connectivity index (χ0n) is 6.89. The van der Waals surface area contributed by atoms with Crippen molar-refractivity contribution in [2.75, 3.05) is 12.8 Å². The molecule has 3 N–H and O–H groups in total. The van der Waals surface area contributed by atoms with Gasteiger partial charge in [-0.1, -0.05) is 0 Å². The number of nitrogens with two attached hydrogens (primary N) is 1. The number of pyridine rings is 1. The molecule has 0 atom stereocenters. The van der Waals surface area contributed by atoms with Gasteiger partial charge in [0.15, 0.2) is 0 Å². The summed E-state index contributed by atoms with van der Waals surface area (Å²) < 4.78 is 0. The number of rotatable bonds is 2. The molecule has 1 heterocycles. The van der Waals surface area contributed by atoms with Crippen LogP contribution in [0.2, 0.25) is 0 Å². The minimum atomic E-state index is 0.586. The van der Waals surface area contributed by atoms with E-state index in [2.05, 4.69) is 10.3 Å². The summed E-state index contributed by atoms with van der Waals surface area (Å²) in [5.41, 5.74) is 7.88. The van der Waals surface area contributed by atoms with Gasteiger partial charge in [0.2, 0.25) is 0 Å². The highest BCUT2D eigenvalue weighted by atomic mass is 14.8. The topological polar surface area (TPSA) is 50.9 Å². The molecule has 0 radical (unpaired) electrons. The van der Waals surface area contributed by atoms with E-state index in [9.17, 15) is 0 Å². The maximum atomic E-state index is 5.49. The van der Waals surface area contributed by atoms with E-state index in [4.69, 9.17) is 5.73 Å². The van der Waals surface area contributed by atoms with Gasteiger partial charge < -0.3 is 11.1 Å². The Morgan fingerprint density at radius 3 is 2.91 bits per heavy atom. The van der Waals surface area contributed by atoms with Crippen molar-refractivity contribution in [2.24, 2.45) is 0 Å². The third kappa shape index (κ3) is 1.91. The fraction of sp³-hybridized carbons (Fsp3) is 0.375. The summed E-state index contributed by atoms with van der Waals surface area (Å²) in [4.78, 5) is 4.00. The fourth-order valence-corrected chi connectivity index (χ4v) is 0.982. The van der Waals surface area contributed by atoms with Crippen LogP contribution in [-0.4, -0.2) is 12.0 Å². The van der Waals surface area contributed by atoms with Gasteiger partial charge in [-0.25, -0.2) is 4.98 Å². The second-order valence-corrected chi connectivity index (χ2v) is 2.57. The molecular formula is C8H13N3. The maximum absolute atomic E-state index is 5.49. The van der Waals surface area contributed by atoms with Crippen LogP contribution in [0.4, 0.5) is 5.82 Å². The molecule has 0 spiro atoms. The molecule has 1 rings (SSSR count). The lowest BCUT2D eigenvalue weighted by atomic mass is 10.1. The van der Waals surface area contributed by atoms with Crippen molar-refractivity contribution in [2.45, 2.75) is 13.5 Å². The zero-order valence-corrected chi connectivity index (χ0v) is 6.89. The highest BCUT2D eigenvalue weighted by molar-refractivity contribution is 5.36. The summed E-state index contributed by atoms with van der Waals surface area (Å²) in [6.07, 6.45) is 1.81. The van der Waals surface area contributed by atoms with Gasteiger partial charge in [-0.05, 0) is 31.2 Å². The second-order valence-electron chi connectivity index (χ2n) is 2.57. The smallest absolute Gasteiger partial charge is 0.123 e. The van der Waals surface area contributed by atoms with Gasteiger partial charge in [-0.3, -0.25) is 0 Å². The molecule has 60 valence electrons. The van der Waals surface area contributed by atoms with Gasteiger partial charge in [0.05, 0.1) is 0 Å². The molecule has 3 heteroatoms. The summed E-state index contributed by atoms with van der Waals surface area (Å²) >= 11 is 0. The maximum Gasteiger partial charge on any atom is 0.123 e. The first-order valence-electron chi connectivity index (χ1n) is 3.59. The van der Waals surface area contributed by atoms with Crippen molar-refractivity contribution >= 4 is 5.82 Å². The number of nitrogens with one attached hydrogen (secondary N) is 1. The predicted molar refractivity (Wildman–Crippen MR) is 46.2 cm³/mol. The number of aryl methyl sites for hydroxylation is 1. The normalized spacial score (nSPS) is 10.0. The van der Waals surface area contributed by atoms with Gasteiger partial charge in [-0.15, -0.1) is 0 Å². The third-order valence-corrected chi connectivity index (χ3v) is 1.61. The molecule has 1 aromatic rings. The van der Waals surface area contributed by atoms with E-state index in [1.807, 2.05) is 20.0 Å². The van der Waals surface area contributed by atoms with E-state index in [1.54, 1.807) is 6.20 Å². The minimum Gasteiger partial charge on any atom is -0.384 e. The molecular weight excluding hydrogens is 138 g/mol. The Labute approximate surface area is 66.6 Å². The van der Waals surface area contributed by atoms with Crippen LogP contribution in [0.15, 0.2) is 12.3 Å². The molecule has 11 heavy (non-hydrogen) atoms. The molecule has 0 fully saturated rings. The van der Waals surface area contributed by atoms with Gasteiger partial charge in [0.25, 0.3) is 0 Å². The van der Waals surface area contributed by atoms with Crippen LogP contribution in [0, 0.1) is 6.92 Å². The highest BCUT2D eigenvalue weighted by Gasteiger charge is 1.96. The monoisotopic (exact) mass is 151 g/mol. The molecule has 0 aliphatic heterocycles. The van der Waals surface area contributed by atoms with Crippen LogP contribution in [0.1, 0.15) is 11.1 Å². The van der Waals surface area contributed by atoms with E-state index in [-0.39, 0.29) is 0 Å². The predicted octanol–water partition coefficient (Wildman–Crippen LogP) is 0.692. The van der Waals surface area contributed by atoms with E-state index in [0.29, 0.717) is 5.82 Å². The molecule has 0 saturated carbocycles. The molecule has 0 aliphatic rings. The van der Waals surface area contributed by atoms with Gasteiger partial charge in [-0.2, -0.15) is 0 Å². The molecule has 3 nitrogen and oxygen atoms in total. The van der Waals surface area contributed by atoms with Crippen LogP contribution in [0.25, 0.3) is 0 Å². The number of anilines is 1. The van der Waals surface area contributed by atoms with Crippen LogP contribution in [-0.2, 0) is 6.54 Å². The number of nitrogens with zero attached hydrogens (tertiary/aromatic N) is 1. The first-order chi connectivity index (χ1) is 5.24. The Morgan fingerprint density at radius 1 is 1.64 bits per heavy atom. The lowest BCUT2D eigenvalue weighted by Crippen LogP contribution is -2.07. The third-order valence-electron chi connectivity index (χ3n) is 1.61. The van der Waals surface area contributed by atoms with E-state index in [1.165, 1.54) is 11.1 Å². The Balaban J connectivity index is 2.90. The van der Waals surface area contributed by atoms with Crippen molar-refractivity contribution in [1.29, 1.82) is 0 Å². The summed E-state index contributed by atoms with van der Waals surface area (Å²) in [7, 11) is 1.91. The number of hydrogen-bond acceptors (Lipinski definition) is 3. The summed E-state index contributed by atoms with van der Waals surface area (Å²) in [5, 5.41) is 3.06. The second kappa shape index (κ2) is 3.34.